The van der Waals surface area contributed by atoms with Crippen molar-refractivity contribution >= 4 is 19.2 Å². The molecule has 0 heterocycles. The zero-order valence-corrected chi connectivity index (χ0v) is 11.2. The summed E-state index contributed by atoms with van der Waals surface area (Å²) in [5.74, 6) is -0.857. The van der Waals surface area contributed by atoms with E-state index in [0.717, 1.165) is 0 Å². The molecule has 0 aromatic heterocycles. The van der Waals surface area contributed by atoms with Crippen molar-refractivity contribution in [1.82, 2.24) is 0 Å². The van der Waals surface area contributed by atoms with Crippen LogP contribution >= 0.6 is 7.92 Å². The summed E-state index contributed by atoms with van der Waals surface area (Å²) >= 11 is 0. The molecule has 16 heavy (non-hydrogen) atoms. The van der Waals surface area contributed by atoms with E-state index in [4.69, 9.17) is 5.11 Å². The van der Waals surface area contributed by atoms with E-state index >= 15 is 0 Å². The highest BCUT2D eigenvalue weighted by Crippen LogP contribution is 2.44. The molecule has 3 heteroatoms. The second-order valence-corrected chi connectivity index (χ2v) is 7.84. The normalized spacial score (nSPS) is 11.4. The molecule has 2 nitrogen and oxygen atoms in total. The average molecular weight is 238 g/mol. The SMILES string of the molecule is CC(C)P(c1ccc(C(=O)O)cc1)C(C)C. The predicted molar refractivity (Wildman–Crippen MR) is 70.2 cm³/mol. The topological polar surface area (TPSA) is 37.3 Å². The van der Waals surface area contributed by atoms with Gasteiger partial charge >= 0.3 is 5.97 Å². The largest absolute Gasteiger partial charge is 0.478 e. The molecule has 0 fully saturated rings. The fourth-order valence-electron chi connectivity index (χ4n) is 1.97. The maximum absolute atomic E-state index is 10.8. The Labute approximate surface area is 98.4 Å². The lowest BCUT2D eigenvalue weighted by Crippen LogP contribution is -2.15. The fourth-order valence-corrected chi connectivity index (χ4v) is 4.85. The third-order valence-electron chi connectivity index (χ3n) is 2.53. The highest BCUT2D eigenvalue weighted by Gasteiger charge is 2.18. The molecule has 0 amide bonds. The van der Waals surface area contributed by atoms with Crippen LogP contribution in [-0.4, -0.2) is 22.4 Å². The van der Waals surface area contributed by atoms with Crippen LogP contribution < -0.4 is 5.30 Å². The molecule has 0 bridgehead atoms. The molecule has 1 aromatic carbocycles. The minimum Gasteiger partial charge on any atom is -0.478 e. The van der Waals surface area contributed by atoms with Gasteiger partial charge in [0.25, 0.3) is 0 Å². The highest BCUT2D eigenvalue weighted by atomic mass is 31.1. The van der Waals surface area contributed by atoms with Crippen LogP contribution in [0.25, 0.3) is 0 Å². The third-order valence-corrected chi connectivity index (χ3v) is 5.64. The van der Waals surface area contributed by atoms with Gasteiger partial charge in [-0.15, -0.1) is 0 Å². The van der Waals surface area contributed by atoms with Crippen LogP contribution in [0.2, 0.25) is 0 Å². The maximum Gasteiger partial charge on any atom is 0.335 e. The summed E-state index contributed by atoms with van der Waals surface area (Å²) in [6.45, 7) is 8.93. The van der Waals surface area contributed by atoms with E-state index in [1.54, 1.807) is 12.1 Å². The van der Waals surface area contributed by atoms with E-state index < -0.39 is 5.97 Å². The van der Waals surface area contributed by atoms with Crippen LogP contribution in [0.5, 0.6) is 0 Å². The van der Waals surface area contributed by atoms with E-state index in [1.807, 2.05) is 12.1 Å². The van der Waals surface area contributed by atoms with Crippen LogP contribution in [0.3, 0.4) is 0 Å². The van der Waals surface area contributed by atoms with E-state index in [1.165, 1.54) is 5.30 Å². The van der Waals surface area contributed by atoms with Crippen LogP contribution in [0.4, 0.5) is 0 Å². The summed E-state index contributed by atoms with van der Waals surface area (Å²) in [6, 6.07) is 7.35. The van der Waals surface area contributed by atoms with E-state index in [9.17, 15) is 4.79 Å². The molecule has 0 spiro atoms. The maximum atomic E-state index is 10.8. The number of carboxylic acid groups (broad SMARTS) is 1. The van der Waals surface area contributed by atoms with Crippen molar-refractivity contribution in [3.8, 4) is 0 Å². The molecule has 1 N–H and O–H groups in total. The Kier molecular flexibility index (Phi) is 4.49. The standard InChI is InChI=1S/C13H19O2P/c1-9(2)16(10(3)4)12-7-5-11(6-8-12)13(14)15/h5-10H,1-4H3,(H,14,15). The third kappa shape index (κ3) is 3.05. The smallest absolute Gasteiger partial charge is 0.335 e. The number of hydrogen-bond acceptors (Lipinski definition) is 1. The van der Waals surface area contributed by atoms with Crippen molar-refractivity contribution in [2.24, 2.45) is 0 Å². The van der Waals surface area contributed by atoms with Gasteiger partial charge in [0.15, 0.2) is 0 Å². The number of rotatable bonds is 4. The molecule has 0 aliphatic heterocycles. The van der Waals surface area contributed by atoms with Gasteiger partial charge in [0, 0.05) is 0 Å². The molecular formula is C13H19O2P. The molecule has 0 radical (unpaired) electrons. The van der Waals surface area contributed by atoms with Crippen molar-refractivity contribution < 1.29 is 9.90 Å². The molecule has 1 rings (SSSR count). The summed E-state index contributed by atoms with van der Waals surface area (Å²) in [5.41, 5.74) is 1.63. The molecule has 0 aliphatic rings. The Hall–Kier alpha value is -0.880. The Balaban J connectivity index is 2.99. The Bertz CT molecular complexity index is 347. The molecule has 0 aliphatic carbocycles. The Morgan fingerprint density at radius 2 is 1.50 bits per heavy atom. The molecule has 0 atom stereocenters. The Morgan fingerprint density at radius 3 is 1.81 bits per heavy atom. The monoisotopic (exact) mass is 238 g/mol. The van der Waals surface area contributed by atoms with Gasteiger partial charge in [-0.05, 0) is 28.8 Å². The van der Waals surface area contributed by atoms with Crippen molar-refractivity contribution in [3.05, 3.63) is 29.8 Å². The van der Waals surface area contributed by atoms with Crippen LogP contribution in [0.15, 0.2) is 24.3 Å². The van der Waals surface area contributed by atoms with Crippen molar-refractivity contribution in [2.45, 2.75) is 39.0 Å². The van der Waals surface area contributed by atoms with E-state index in [0.29, 0.717) is 16.9 Å². The average Bonchev–Trinajstić information content (AvgIpc) is 2.17. The molecule has 0 saturated carbocycles. The fraction of sp³-hybridized carbons (Fsp3) is 0.462. The first-order valence-electron chi connectivity index (χ1n) is 5.55. The van der Waals surface area contributed by atoms with Crippen molar-refractivity contribution in [1.29, 1.82) is 0 Å². The minimum absolute atomic E-state index is 0.198. The molecule has 88 valence electrons. The second kappa shape index (κ2) is 5.45. The first kappa shape index (κ1) is 13.2. The lowest BCUT2D eigenvalue weighted by Gasteiger charge is -2.26. The van der Waals surface area contributed by atoms with Gasteiger partial charge in [0.1, 0.15) is 0 Å². The molecule has 0 unspecified atom stereocenters. The first-order valence-corrected chi connectivity index (χ1v) is 7.03. The number of aromatic carboxylic acids is 1. The quantitative estimate of drug-likeness (QED) is 0.817. The van der Waals surface area contributed by atoms with Gasteiger partial charge in [0.05, 0.1) is 5.56 Å². The molecule has 1 aromatic rings. The number of carboxylic acids is 1. The van der Waals surface area contributed by atoms with Gasteiger partial charge in [-0.1, -0.05) is 47.7 Å². The second-order valence-electron chi connectivity index (χ2n) is 4.45. The van der Waals surface area contributed by atoms with Crippen LogP contribution in [0, 0.1) is 0 Å². The van der Waals surface area contributed by atoms with Gasteiger partial charge in [-0.25, -0.2) is 4.79 Å². The zero-order valence-electron chi connectivity index (χ0n) is 10.3. The van der Waals surface area contributed by atoms with E-state index in [2.05, 4.69) is 27.7 Å². The van der Waals surface area contributed by atoms with Gasteiger partial charge in [-0.2, -0.15) is 0 Å². The van der Waals surface area contributed by atoms with Crippen molar-refractivity contribution in [3.63, 3.8) is 0 Å². The first-order chi connectivity index (χ1) is 7.43. The summed E-state index contributed by atoms with van der Waals surface area (Å²) in [4.78, 5) is 10.8. The van der Waals surface area contributed by atoms with Crippen LogP contribution in [-0.2, 0) is 0 Å². The van der Waals surface area contributed by atoms with E-state index in [-0.39, 0.29) is 7.92 Å². The summed E-state index contributed by atoms with van der Waals surface area (Å²) in [6.07, 6.45) is 0. The number of hydrogen-bond donors (Lipinski definition) is 1. The van der Waals surface area contributed by atoms with Crippen LogP contribution in [0.1, 0.15) is 38.1 Å². The number of carbonyl (C=O) groups is 1. The number of benzene rings is 1. The lowest BCUT2D eigenvalue weighted by molar-refractivity contribution is 0.0697. The van der Waals surface area contributed by atoms with Gasteiger partial charge in [-0.3, -0.25) is 0 Å². The summed E-state index contributed by atoms with van der Waals surface area (Å²) in [5, 5.41) is 10.1. The molecular weight excluding hydrogens is 219 g/mol. The van der Waals surface area contributed by atoms with Crippen molar-refractivity contribution in [2.75, 3.05) is 0 Å². The van der Waals surface area contributed by atoms with Gasteiger partial charge in [0.2, 0.25) is 0 Å². The van der Waals surface area contributed by atoms with Gasteiger partial charge < -0.3 is 5.11 Å². The Morgan fingerprint density at radius 1 is 1.06 bits per heavy atom. The summed E-state index contributed by atoms with van der Waals surface area (Å²) < 4.78 is 0. The summed E-state index contributed by atoms with van der Waals surface area (Å²) in [7, 11) is -0.198. The lowest BCUT2D eigenvalue weighted by atomic mass is 10.2. The predicted octanol–water partition coefficient (Wildman–Crippen LogP) is 3.31. The zero-order chi connectivity index (χ0) is 12.3. The minimum atomic E-state index is -0.857. The molecule has 0 saturated heterocycles. The highest BCUT2D eigenvalue weighted by molar-refractivity contribution is 7.66.